The Morgan fingerprint density at radius 3 is 2.69 bits per heavy atom. The summed E-state index contributed by atoms with van der Waals surface area (Å²) in [5, 5.41) is 7.41. The lowest BCUT2D eigenvalue weighted by atomic mass is 10.1. The molecule has 2 aromatic heterocycles. The van der Waals surface area contributed by atoms with Gasteiger partial charge in [-0.1, -0.05) is 6.07 Å². The number of amides is 1. The van der Waals surface area contributed by atoms with Gasteiger partial charge in [0.1, 0.15) is 0 Å². The number of fused-ring (bicyclic) bond motifs is 1. The van der Waals surface area contributed by atoms with Crippen LogP contribution in [-0.4, -0.2) is 25.7 Å². The summed E-state index contributed by atoms with van der Waals surface area (Å²) in [6.45, 7) is 3.39. The monoisotopic (exact) mass is 441 g/mol. The third-order valence-corrected chi connectivity index (χ3v) is 5.12. The molecule has 0 radical (unpaired) electrons. The van der Waals surface area contributed by atoms with E-state index in [2.05, 4.69) is 20.4 Å². The summed E-state index contributed by atoms with van der Waals surface area (Å²) in [7, 11) is 0. The smallest absolute Gasteiger partial charge is 0.326 e. The molecule has 1 amide bonds. The number of nitrogens with one attached hydrogen (secondary N) is 2. The Morgan fingerprint density at radius 2 is 1.94 bits per heavy atom. The number of aromatic amines is 1. The Balaban J connectivity index is 1.58. The van der Waals surface area contributed by atoms with Gasteiger partial charge in [-0.2, -0.15) is 18.3 Å². The maximum atomic E-state index is 13.1. The Morgan fingerprint density at radius 1 is 1.16 bits per heavy atom. The molecule has 7 nitrogen and oxygen atoms in total. The highest BCUT2D eigenvalue weighted by molar-refractivity contribution is 5.94. The summed E-state index contributed by atoms with van der Waals surface area (Å²) in [5.74, 6) is -0.348. The number of aryl methyl sites for hydroxylation is 1. The first-order chi connectivity index (χ1) is 15.1. The molecule has 0 unspecified atom stereocenters. The number of carbonyl (C=O) groups is 1. The van der Waals surface area contributed by atoms with E-state index in [9.17, 15) is 22.8 Å². The lowest BCUT2D eigenvalue weighted by molar-refractivity contribution is -0.137. The number of hydrogen-bond acceptors (Lipinski definition) is 4. The lowest BCUT2D eigenvalue weighted by Crippen LogP contribution is -2.16. The standard InChI is InChI=1S/C22H18F3N5O2/c1-12-17(13(2)30(29-12)16-5-3-4-14(8-16)22(23,24)25)10-20(31)28-15-6-7-19-18(9-15)21(32)27-11-26-19/h3-9,11H,10H2,1-2H3,(H,28,31)(H,26,27,32). The number of carbonyl (C=O) groups excluding carboxylic acids is 1. The molecule has 0 fully saturated rings. The van der Waals surface area contributed by atoms with E-state index in [1.54, 1.807) is 26.0 Å². The van der Waals surface area contributed by atoms with Gasteiger partial charge < -0.3 is 10.3 Å². The highest BCUT2D eigenvalue weighted by Crippen LogP contribution is 2.31. The number of halogens is 3. The van der Waals surface area contributed by atoms with Crippen molar-refractivity contribution < 1.29 is 18.0 Å². The number of aromatic nitrogens is 4. The zero-order chi connectivity index (χ0) is 23.0. The third-order valence-electron chi connectivity index (χ3n) is 5.12. The number of rotatable bonds is 4. The van der Waals surface area contributed by atoms with Crippen LogP contribution >= 0.6 is 0 Å². The fraction of sp³-hybridized carbons (Fsp3) is 0.182. The molecule has 4 aromatic rings. The zero-order valence-corrected chi connectivity index (χ0v) is 17.1. The number of hydrogen-bond donors (Lipinski definition) is 2. The molecule has 32 heavy (non-hydrogen) atoms. The first-order valence-electron chi connectivity index (χ1n) is 9.63. The fourth-order valence-corrected chi connectivity index (χ4v) is 3.51. The van der Waals surface area contributed by atoms with Crippen LogP contribution < -0.4 is 10.9 Å². The quantitative estimate of drug-likeness (QED) is 0.502. The second kappa shape index (κ2) is 7.95. The number of H-pyrrole nitrogens is 1. The van der Waals surface area contributed by atoms with E-state index < -0.39 is 11.7 Å². The van der Waals surface area contributed by atoms with Gasteiger partial charge in [-0.3, -0.25) is 9.59 Å². The average Bonchev–Trinajstić information content (AvgIpc) is 3.02. The van der Waals surface area contributed by atoms with Crippen LogP contribution in [0.4, 0.5) is 18.9 Å². The van der Waals surface area contributed by atoms with Crippen molar-refractivity contribution in [2.45, 2.75) is 26.4 Å². The van der Waals surface area contributed by atoms with Gasteiger partial charge in [-0.15, -0.1) is 0 Å². The Kier molecular flexibility index (Phi) is 5.29. The molecule has 4 rings (SSSR count). The summed E-state index contributed by atoms with van der Waals surface area (Å²) in [6.07, 6.45) is -3.19. The van der Waals surface area contributed by atoms with Crippen LogP contribution in [0.3, 0.4) is 0 Å². The highest BCUT2D eigenvalue weighted by atomic mass is 19.4. The van der Waals surface area contributed by atoms with Crippen molar-refractivity contribution in [1.82, 2.24) is 19.7 Å². The van der Waals surface area contributed by atoms with Gasteiger partial charge in [0.25, 0.3) is 5.56 Å². The van der Waals surface area contributed by atoms with Crippen LogP contribution in [0.1, 0.15) is 22.5 Å². The molecule has 164 valence electrons. The minimum Gasteiger partial charge on any atom is -0.326 e. The summed E-state index contributed by atoms with van der Waals surface area (Å²) >= 11 is 0. The average molecular weight is 441 g/mol. The van der Waals surface area contributed by atoms with E-state index in [0.29, 0.717) is 33.5 Å². The Hall–Kier alpha value is -3.95. The molecule has 2 aromatic carbocycles. The summed E-state index contributed by atoms with van der Waals surface area (Å²) in [6, 6.07) is 9.65. The summed E-state index contributed by atoms with van der Waals surface area (Å²) in [5.41, 5.74) is 1.81. The minimum atomic E-state index is -4.47. The maximum Gasteiger partial charge on any atom is 0.416 e. The second-order valence-electron chi connectivity index (χ2n) is 7.30. The van der Waals surface area contributed by atoms with Crippen molar-refractivity contribution in [1.29, 1.82) is 0 Å². The number of anilines is 1. The molecule has 0 bridgehead atoms. The Labute approximate surface area is 179 Å². The Bertz CT molecular complexity index is 1390. The van der Waals surface area contributed by atoms with Gasteiger partial charge in [-0.05, 0) is 50.2 Å². The third kappa shape index (κ3) is 4.11. The van der Waals surface area contributed by atoms with Crippen LogP contribution in [-0.2, 0) is 17.4 Å². The van der Waals surface area contributed by atoms with E-state index in [4.69, 9.17) is 0 Å². The van der Waals surface area contributed by atoms with Crippen molar-refractivity contribution in [3.05, 3.63) is 81.7 Å². The van der Waals surface area contributed by atoms with E-state index >= 15 is 0 Å². The molecule has 0 aliphatic rings. The molecule has 0 atom stereocenters. The van der Waals surface area contributed by atoms with Crippen molar-refractivity contribution in [2.24, 2.45) is 0 Å². The minimum absolute atomic E-state index is 0.0297. The van der Waals surface area contributed by atoms with Crippen molar-refractivity contribution in [3.63, 3.8) is 0 Å². The van der Waals surface area contributed by atoms with E-state index in [-0.39, 0.29) is 23.6 Å². The van der Waals surface area contributed by atoms with Crippen LogP contribution in [0.25, 0.3) is 16.6 Å². The largest absolute Gasteiger partial charge is 0.416 e. The van der Waals surface area contributed by atoms with Gasteiger partial charge in [0, 0.05) is 16.9 Å². The summed E-state index contributed by atoms with van der Waals surface area (Å²) in [4.78, 5) is 31.1. The normalized spacial score (nSPS) is 11.7. The van der Waals surface area contributed by atoms with Crippen molar-refractivity contribution >= 4 is 22.5 Å². The van der Waals surface area contributed by atoms with Gasteiger partial charge in [-0.25, -0.2) is 9.67 Å². The molecule has 0 spiro atoms. The first-order valence-corrected chi connectivity index (χ1v) is 9.63. The molecule has 10 heteroatoms. The van der Waals surface area contributed by atoms with Crippen molar-refractivity contribution in [2.75, 3.05) is 5.32 Å². The SMILES string of the molecule is Cc1nn(-c2cccc(C(F)(F)F)c2)c(C)c1CC(=O)Nc1ccc2nc[nH]c(=O)c2c1. The lowest BCUT2D eigenvalue weighted by Gasteiger charge is -2.10. The van der Waals surface area contributed by atoms with Gasteiger partial charge in [0.2, 0.25) is 5.91 Å². The van der Waals surface area contributed by atoms with Crippen LogP contribution in [0, 0.1) is 13.8 Å². The second-order valence-corrected chi connectivity index (χ2v) is 7.30. The first kappa shape index (κ1) is 21.3. The summed E-state index contributed by atoms with van der Waals surface area (Å²) < 4.78 is 40.6. The predicted octanol–water partition coefficient (Wildman–Crippen LogP) is 3.93. The van der Waals surface area contributed by atoms with Crippen LogP contribution in [0.15, 0.2) is 53.6 Å². The van der Waals surface area contributed by atoms with Gasteiger partial charge in [0.05, 0.1) is 40.6 Å². The van der Waals surface area contributed by atoms with Crippen LogP contribution in [0.2, 0.25) is 0 Å². The van der Waals surface area contributed by atoms with E-state index in [1.807, 2.05) is 0 Å². The molecular formula is C22H18F3N5O2. The van der Waals surface area contributed by atoms with Crippen LogP contribution in [0.5, 0.6) is 0 Å². The topological polar surface area (TPSA) is 92.7 Å². The zero-order valence-electron chi connectivity index (χ0n) is 17.1. The molecule has 0 aliphatic carbocycles. The van der Waals surface area contributed by atoms with E-state index in [0.717, 1.165) is 12.1 Å². The van der Waals surface area contributed by atoms with Crippen molar-refractivity contribution in [3.8, 4) is 5.69 Å². The number of alkyl halides is 3. The van der Waals surface area contributed by atoms with Gasteiger partial charge >= 0.3 is 6.18 Å². The molecule has 2 N–H and O–H groups in total. The fourth-order valence-electron chi connectivity index (χ4n) is 3.51. The highest BCUT2D eigenvalue weighted by Gasteiger charge is 2.30. The predicted molar refractivity (Wildman–Crippen MR) is 113 cm³/mol. The number of benzene rings is 2. The van der Waals surface area contributed by atoms with Gasteiger partial charge in [0.15, 0.2) is 0 Å². The maximum absolute atomic E-state index is 13.1. The molecular weight excluding hydrogens is 423 g/mol. The number of nitrogens with zero attached hydrogens (tertiary/aromatic N) is 3. The molecule has 0 aliphatic heterocycles. The molecule has 2 heterocycles. The molecule has 0 saturated heterocycles. The van der Waals surface area contributed by atoms with E-state index in [1.165, 1.54) is 29.2 Å². The molecule has 0 saturated carbocycles.